The van der Waals surface area contributed by atoms with Gasteiger partial charge in [-0.15, -0.1) is 0 Å². The Balaban J connectivity index is 1.52. The summed E-state index contributed by atoms with van der Waals surface area (Å²) in [5, 5.41) is 4.27. The topological polar surface area (TPSA) is 36.4 Å². The van der Waals surface area contributed by atoms with Gasteiger partial charge in [0.1, 0.15) is 0 Å². The number of likely N-dealkylation sites (tertiary alicyclic amines) is 1. The maximum atomic E-state index is 13.2. The number of carbonyl (C=O) groups excluding carboxylic acids is 1. The van der Waals surface area contributed by atoms with Crippen LogP contribution in [0.3, 0.4) is 0 Å². The summed E-state index contributed by atoms with van der Waals surface area (Å²) in [4.78, 5) is 21.5. The molecule has 1 amide bonds. The molecule has 29 heavy (non-hydrogen) atoms. The third-order valence-corrected chi connectivity index (χ3v) is 6.48. The Morgan fingerprint density at radius 3 is 2.48 bits per heavy atom. The van der Waals surface area contributed by atoms with Gasteiger partial charge in [-0.1, -0.05) is 24.3 Å². The largest absolute Gasteiger partial charge is 0.348 e. The van der Waals surface area contributed by atoms with Gasteiger partial charge in [0.2, 0.25) is 5.91 Å². The van der Waals surface area contributed by atoms with Crippen molar-refractivity contribution in [3.8, 4) is 11.1 Å². The Bertz CT molecular complexity index is 938. The lowest BCUT2D eigenvalue weighted by atomic mass is 9.79. The second kappa shape index (κ2) is 8.47. The molecule has 0 unspecified atom stereocenters. The molecule has 0 aliphatic carbocycles. The lowest BCUT2D eigenvalue weighted by Crippen LogP contribution is -2.43. The molecule has 1 saturated heterocycles. The van der Waals surface area contributed by atoms with Crippen LogP contribution in [0.25, 0.3) is 11.1 Å². The molecule has 1 aliphatic rings. The zero-order chi connectivity index (χ0) is 20.3. The number of pyridine rings is 1. The number of carbonyl (C=O) groups is 1. The number of thiophene rings is 1. The molecule has 4 nitrogen and oxygen atoms in total. The number of amides is 1. The molecule has 1 aliphatic heterocycles. The molecule has 0 N–H and O–H groups in total. The van der Waals surface area contributed by atoms with Gasteiger partial charge >= 0.3 is 0 Å². The Morgan fingerprint density at radius 1 is 1.07 bits per heavy atom. The van der Waals surface area contributed by atoms with E-state index in [4.69, 9.17) is 0 Å². The third-order valence-electron chi connectivity index (χ3n) is 5.80. The van der Waals surface area contributed by atoms with Crippen LogP contribution in [-0.4, -0.2) is 47.9 Å². The van der Waals surface area contributed by atoms with Gasteiger partial charge in [-0.05, 0) is 70.6 Å². The van der Waals surface area contributed by atoms with E-state index in [0.717, 1.165) is 32.5 Å². The molecule has 0 saturated carbocycles. The first-order valence-electron chi connectivity index (χ1n) is 10.0. The number of nitrogens with zero attached hydrogens (tertiary/aromatic N) is 3. The van der Waals surface area contributed by atoms with Crippen molar-refractivity contribution in [1.82, 2.24) is 14.8 Å². The van der Waals surface area contributed by atoms with Crippen molar-refractivity contribution in [2.75, 3.05) is 27.2 Å². The molecule has 2 aromatic heterocycles. The Hall–Kier alpha value is -2.50. The monoisotopic (exact) mass is 405 g/mol. The maximum absolute atomic E-state index is 13.2. The number of hydrogen-bond acceptors (Lipinski definition) is 4. The van der Waals surface area contributed by atoms with Gasteiger partial charge in [0.05, 0.1) is 5.41 Å². The average molecular weight is 406 g/mol. The summed E-state index contributed by atoms with van der Waals surface area (Å²) in [5.74, 6) is 0.233. The van der Waals surface area contributed by atoms with E-state index < -0.39 is 0 Å². The fourth-order valence-electron chi connectivity index (χ4n) is 4.34. The van der Waals surface area contributed by atoms with E-state index in [9.17, 15) is 4.79 Å². The summed E-state index contributed by atoms with van der Waals surface area (Å²) in [7, 11) is 3.74. The fraction of sp³-hybridized carbons (Fsp3) is 0.333. The van der Waals surface area contributed by atoms with Crippen molar-refractivity contribution in [2.45, 2.75) is 19.4 Å². The maximum Gasteiger partial charge on any atom is 0.229 e. The van der Waals surface area contributed by atoms with Crippen molar-refractivity contribution < 1.29 is 4.79 Å². The van der Waals surface area contributed by atoms with Gasteiger partial charge in [0.25, 0.3) is 0 Å². The summed E-state index contributed by atoms with van der Waals surface area (Å²) < 4.78 is 0. The molecule has 1 fully saturated rings. The van der Waals surface area contributed by atoms with Crippen LogP contribution in [0.4, 0.5) is 0 Å². The number of benzene rings is 1. The first-order valence-corrected chi connectivity index (χ1v) is 10.9. The second-order valence-corrected chi connectivity index (χ2v) is 8.96. The summed E-state index contributed by atoms with van der Waals surface area (Å²) in [5.41, 5.74) is 4.59. The van der Waals surface area contributed by atoms with Gasteiger partial charge in [0, 0.05) is 39.6 Å². The van der Waals surface area contributed by atoms with Crippen LogP contribution in [0.15, 0.2) is 65.6 Å². The van der Waals surface area contributed by atoms with Crippen LogP contribution in [0, 0.1) is 5.41 Å². The predicted molar refractivity (Wildman–Crippen MR) is 119 cm³/mol. The molecular formula is C24H27N3OS. The van der Waals surface area contributed by atoms with E-state index in [1.165, 1.54) is 22.3 Å². The van der Waals surface area contributed by atoms with E-state index in [1.807, 2.05) is 26.5 Å². The molecule has 0 spiro atoms. The highest BCUT2D eigenvalue weighted by Crippen LogP contribution is 2.37. The summed E-state index contributed by atoms with van der Waals surface area (Å²) >= 11 is 1.71. The lowest BCUT2D eigenvalue weighted by molar-refractivity contribution is -0.138. The predicted octanol–water partition coefficient (Wildman–Crippen LogP) is 4.33. The zero-order valence-corrected chi connectivity index (χ0v) is 17.9. The smallest absolute Gasteiger partial charge is 0.229 e. The molecule has 1 atom stereocenters. The zero-order valence-electron chi connectivity index (χ0n) is 17.0. The van der Waals surface area contributed by atoms with Crippen molar-refractivity contribution in [3.63, 3.8) is 0 Å². The van der Waals surface area contributed by atoms with E-state index >= 15 is 0 Å². The molecule has 4 rings (SSSR count). The highest BCUT2D eigenvalue weighted by molar-refractivity contribution is 7.08. The average Bonchev–Trinajstić information content (AvgIpc) is 3.40. The number of aromatic nitrogens is 1. The Labute approximate surface area is 176 Å². The summed E-state index contributed by atoms with van der Waals surface area (Å²) in [6, 6.07) is 15.0. The van der Waals surface area contributed by atoms with E-state index in [1.54, 1.807) is 16.2 Å². The van der Waals surface area contributed by atoms with Gasteiger partial charge in [-0.3, -0.25) is 14.7 Å². The van der Waals surface area contributed by atoms with Crippen LogP contribution in [0.5, 0.6) is 0 Å². The van der Waals surface area contributed by atoms with Crippen molar-refractivity contribution in [1.29, 1.82) is 0 Å². The normalized spacial score (nSPS) is 19.4. The standard InChI is InChI=1S/C24H27N3OS/c1-26(2)23(28)24(10-13-27(18-24)16-20-7-11-25-12-8-20)15-19-3-5-21(6-4-19)22-9-14-29-17-22/h3-9,11-12,14,17H,10,13,15-16,18H2,1-2H3/t24-/m1/s1. The molecule has 150 valence electrons. The van der Waals surface area contributed by atoms with Crippen LogP contribution < -0.4 is 0 Å². The van der Waals surface area contributed by atoms with Crippen LogP contribution in [0.2, 0.25) is 0 Å². The molecule has 3 heterocycles. The number of rotatable bonds is 6. The third kappa shape index (κ3) is 4.41. The molecule has 0 radical (unpaired) electrons. The van der Waals surface area contributed by atoms with Crippen molar-refractivity contribution >= 4 is 17.2 Å². The van der Waals surface area contributed by atoms with Gasteiger partial charge in [0.15, 0.2) is 0 Å². The van der Waals surface area contributed by atoms with Gasteiger partial charge < -0.3 is 4.90 Å². The van der Waals surface area contributed by atoms with E-state index in [-0.39, 0.29) is 11.3 Å². The Kier molecular flexibility index (Phi) is 5.79. The number of hydrogen-bond donors (Lipinski definition) is 0. The van der Waals surface area contributed by atoms with E-state index in [0.29, 0.717) is 0 Å². The lowest BCUT2D eigenvalue weighted by Gasteiger charge is -2.31. The first-order chi connectivity index (χ1) is 14.1. The van der Waals surface area contributed by atoms with Crippen LogP contribution in [0.1, 0.15) is 17.5 Å². The molecular weight excluding hydrogens is 378 g/mol. The minimum Gasteiger partial charge on any atom is -0.348 e. The van der Waals surface area contributed by atoms with Crippen molar-refractivity contribution in [2.24, 2.45) is 5.41 Å². The highest BCUT2D eigenvalue weighted by Gasteiger charge is 2.45. The minimum absolute atomic E-state index is 0.233. The van der Waals surface area contributed by atoms with Gasteiger partial charge in [-0.2, -0.15) is 11.3 Å². The first kappa shape index (κ1) is 19.8. The van der Waals surface area contributed by atoms with Crippen LogP contribution >= 0.6 is 11.3 Å². The molecule has 1 aromatic carbocycles. The fourth-order valence-corrected chi connectivity index (χ4v) is 5.01. The van der Waals surface area contributed by atoms with Crippen LogP contribution in [-0.2, 0) is 17.8 Å². The SMILES string of the molecule is CN(C)C(=O)[C@@]1(Cc2ccc(-c3ccsc3)cc2)CCN(Cc2ccncc2)C1. The summed E-state index contributed by atoms with van der Waals surface area (Å²) in [6.45, 7) is 2.59. The molecule has 3 aromatic rings. The highest BCUT2D eigenvalue weighted by atomic mass is 32.1. The molecule has 0 bridgehead atoms. The van der Waals surface area contributed by atoms with E-state index in [2.05, 4.69) is 63.1 Å². The minimum atomic E-state index is -0.361. The van der Waals surface area contributed by atoms with Gasteiger partial charge in [-0.25, -0.2) is 0 Å². The summed E-state index contributed by atoms with van der Waals surface area (Å²) in [6.07, 6.45) is 5.33. The Morgan fingerprint density at radius 2 is 1.83 bits per heavy atom. The molecule has 5 heteroatoms. The second-order valence-electron chi connectivity index (χ2n) is 8.18. The van der Waals surface area contributed by atoms with Crippen molar-refractivity contribution in [3.05, 3.63) is 76.7 Å². The quantitative estimate of drug-likeness (QED) is 0.612.